The molecule has 0 saturated carbocycles. The lowest BCUT2D eigenvalue weighted by Gasteiger charge is -2.24. The highest BCUT2D eigenvalue weighted by Crippen LogP contribution is 2.30. The number of oxazole rings is 2. The molecule has 2 fully saturated rings. The molecule has 0 radical (unpaired) electrons. The van der Waals surface area contributed by atoms with E-state index < -0.39 is 18.1 Å². The number of phenolic OH excluding ortho intramolecular Hbond substituents is 1. The zero-order valence-electron chi connectivity index (χ0n) is 47.8. The molecule has 12 rings (SSSR count). The SMILES string of the molecule is Nc1ccc(-c2nc3cc(N)ccc3o2)cc1.Nc1ccc(C(=O)O)cc1.Nc1ccc(O)c(N)c1.O=C(Cc1ccc2oc(-c3ccc(NC(=O)[C@@H]4CCCN4C(=O)CCc4ccccc4)cc3)nc2c1)[C@@H]1CCCN1C(=O)CCc1ccccc1. The second kappa shape index (κ2) is 28.6. The van der Waals surface area contributed by atoms with E-state index in [1.807, 2.05) is 121 Å². The molecule has 4 heterocycles. The lowest BCUT2D eigenvalue weighted by Crippen LogP contribution is -2.43. The fourth-order valence-corrected chi connectivity index (χ4v) is 10.2. The van der Waals surface area contributed by atoms with Crippen molar-refractivity contribution in [2.45, 2.75) is 69.9 Å². The second-order valence-corrected chi connectivity index (χ2v) is 21.1. The molecule has 13 N–H and O–H groups in total. The molecule has 2 aliphatic rings. The third-order valence-corrected chi connectivity index (χ3v) is 14.8. The molecule has 10 aromatic rings. The number of carboxylic acids is 1. The summed E-state index contributed by atoms with van der Waals surface area (Å²) in [5.74, 6) is 0.0358. The van der Waals surface area contributed by atoms with E-state index in [0.29, 0.717) is 109 Å². The van der Waals surface area contributed by atoms with Gasteiger partial charge in [-0.25, -0.2) is 14.8 Å². The molecule has 0 bridgehead atoms. The predicted octanol–water partition coefficient (Wildman–Crippen LogP) is 11.0. The zero-order valence-corrected chi connectivity index (χ0v) is 47.8. The Morgan fingerprint density at radius 3 is 1.53 bits per heavy atom. The molecule has 0 spiro atoms. The van der Waals surface area contributed by atoms with Gasteiger partial charge in [0, 0.05) is 71.9 Å². The Balaban J connectivity index is 0.000000200. The molecule has 87 heavy (non-hydrogen) atoms. The Morgan fingerprint density at radius 1 is 0.517 bits per heavy atom. The van der Waals surface area contributed by atoms with Crippen molar-refractivity contribution in [3.8, 4) is 28.7 Å². The van der Waals surface area contributed by atoms with E-state index in [9.17, 15) is 24.0 Å². The first kappa shape index (κ1) is 60.6. The van der Waals surface area contributed by atoms with Crippen molar-refractivity contribution in [2.24, 2.45) is 0 Å². The lowest BCUT2D eigenvalue weighted by atomic mass is 10.0. The number of aromatic nitrogens is 2. The van der Waals surface area contributed by atoms with Gasteiger partial charge in [-0.15, -0.1) is 0 Å². The Labute approximate surface area is 502 Å². The Hall–Kier alpha value is -11.0. The van der Waals surface area contributed by atoms with Crippen LogP contribution in [-0.4, -0.2) is 84.6 Å². The number of hydrogen-bond donors (Lipinski definition) is 8. The number of hydrogen-bond acceptors (Lipinski definition) is 15. The monoisotopic (exact) mass is 1170 g/mol. The normalized spacial score (nSPS) is 14.2. The molecular formula is C68H68N10O9. The maximum Gasteiger partial charge on any atom is 0.335 e. The zero-order chi connectivity index (χ0) is 61.4. The topological polar surface area (TPSA) is 326 Å². The molecule has 3 amide bonds. The largest absolute Gasteiger partial charge is 0.506 e. The lowest BCUT2D eigenvalue weighted by molar-refractivity contribution is -0.137. The van der Waals surface area contributed by atoms with E-state index in [2.05, 4.69) is 10.3 Å². The molecule has 0 unspecified atom stereocenters. The molecular weight excluding hydrogens is 1100 g/mol. The van der Waals surface area contributed by atoms with Crippen molar-refractivity contribution < 1.29 is 43.0 Å². The van der Waals surface area contributed by atoms with Gasteiger partial charge in [0.15, 0.2) is 16.9 Å². The summed E-state index contributed by atoms with van der Waals surface area (Å²) in [4.78, 5) is 75.5. The number of carbonyl (C=O) groups is 5. The number of nitrogens with two attached hydrogens (primary N) is 5. The summed E-state index contributed by atoms with van der Waals surface area (Å²) >= 11 is 0. The number of aromatic carboxylic acids is 1. The van der Waals surface area contributed by atoms with Crippen LogP contribution in [0.3, 0.4) is 0 Å². The van der Waals surface area contributed by atoms with Crippen LogP contribution in [0.1, 0.15) is 65.6 Å². The van der Waals surface area contributed by atoms with Gasteiger partial charge in [-0.3, -0.25) is 19.2 Å². The van der Waals surface area contributed by atoms with Crippen LogP contribution < -0.4 is 34.0 Å². The van der Waals surface area contributed by atoms with E-state index in [1.165, 1.54) is 24.3 Å². The summed E-state index contributed by atoms with van der Waals surface area (Å²) < 4.78 is 11.7. The summed E-state index contributed by atoms with van der Waals surface area (Å²) in [6, 6.07) is 55.2. The van der Waals surface area contributed by atoms with Gasteiger partial charge in [0.05, 0.1) is 17.3 Å². The van der Waals surface area contributed by atoms with Crippen LogP contribution in [0.2, 0.25) is 0 Å². The van der Waals surface area contributed by atoms with Crippen LogP contribution in [0, 0.1) is 0 Å². The molecule has 0 aliphatic carbocycles. The van der Waals surface area contributed by atoms with E-state index in [4.69, 9.17) is 52.7 Å². The minimum atomic E-state index is -0.931. The number of nitrogen functional groups attached to an aromatic ring is 5. The standard InChI is InChI=1S/C42H42N4O5.C13H11N3O.C7H7NO2.C6H8N2O/c47-37(35-13-7-25-45(35)39(48)23-16-29-9-3-1-4-10-29)28-31-15-22-38-34(27-31)44-42(51-38)32-18-20-33(21-19-32)43-41(50)36-14-8-26-46(36)40(49)24-17-30-11-5-2-6-12-30;14-9-3-1-8(2-4-9)13-16-11-7-10(15)5-6-12(11)17-13;8-6-3-1-5(2-4-6)7(9)10;7-4-1-2-6(9)5(8)3-4/h1-6,9-12,15,18-22,27,35-36H,7-8,13-14,16-17,23-26,28H2,(H,43,50);1-7H,14-15H2;1-4H,8H2,(H,9,10);1-3,9H,7-8H2/t35-,36-;;;/m0.../s1. The number of benzene rings is 8. The molecule has 2 saturated heterocycles. The number of anilines is 6. The van der Waals surface area contributed by atoms with Crippen LogP contribution in [0.5, 0.6) is 5.75 Å². The summed E-state index contributed by atoms with van der Waals surface area (Å²) in [6.07, 6.45) is 5.26. The van der Waals surface area contributed by atoms with E-state index in [1.54, 1.807) is 52.3 Å². The van der Waals surface area contributed by atoms with Gasteiger partial charge < -0.3 is 62.8 Å². The first-order chi connectivity index (χ1) is 42.0. The summed E-state index contributed by atoms with van der Waals surface area (Å²) in [7, 11) is 0. The van der Waals surface area contributed by atoms with Crippen LogP contribution >= 0.6 is 0 Å². The van der Waals surface area contributed by atoms with Crippen molar-refractivity contribution in [3.05, 3.63) is 210 Å². The maximum absolute atomic E-state index is 13.4. The average Bonchev–Trinajstić information content (AvgIpc) is 3.69. The second-order valence-electron chi connectivity index (χ2n) is 21.1. The van der Waals surface area contributed by atoms with Gasteiger partial charge in [0.1, 0.15) is 22.8 Å². The third-order valence-electron chi connectivity index (χ3n) is 14.8. The molecule has 8 aromatic carbocycles. The molecule has 444 valence electrons. The number of aryl methyl sites for hydroxylation is 2. The number of Topliss-reactive ketones (excluding diaryl/α,β-unsaturated/α-hetero) is 1. The maximum atomic E-state index is 13.4. The Morgan fingerprint density at radius 2 is 0.989 bits per heavy atom. The van der Waals surface area contributed by atoms with Crippen LogP contribution in [-0.2, 0) is 38.4 Å². The first-order valence-electron chi connectivity index (χ1n) is 28.5. The van der Waals surface area contributed by atoms with Gasteiger partial charge in [-0.05, 0) is 177 Å². The highest BCUT2D eigenvalue weighted by Gasteiger charge is 2.35. The average molecular weight is 1170 g/mol. The number of ketones is 1. The van der Waals surface area contributed by atoms with Gasteiger partial charge in [-0.2, -0.15) is 0 Å². The van der Waals surface area contributed by atoms with E-state index in [0.717, 1.165) is 51.8 Å². The molecule has 19 nitrogen and oxygen atoms in total. The molecule has 2 aliphatic heterocycles. The highest BCUT2D eigenvalue weighted by atomic mass is 16.4. The smallest absolute Gasteiger partial charge is 0.335 e. The van der Waals surface area contributed by atoms with E-state index >= 15 is 0 Å². The van der Waals surface area contributed by atoms with E-state index in [-0.39, 0.29) is 41.2 Å². The van der Waals surface area contributed by atoms with Gasteiger partial charge >= 0.3 is 5.97 Å². The van der Waals surface area contributed by atoms with Crippen molar-refractivity contribution in [2.75, 3.05) is 47.1 Å². The minimum Gasteiger partial charge on any atom is -0.506 e. The molecule has 19 heteroatoms. The number of carboxylic acid groups (broad SMARTS) is 1. The Bertz CT molecular complexity index is 3990. The number of likely N-dealkylation sites (tertiary alicyclic amines) is 2. The van der Waals surface area contributed by atoms with Crippen molar-refractivity contribution in [1.82, 2.24) is 19.8 Å². The van der Waals surface area contributed by atoms with Crippen molar-refractivity contribution in [3.63, 3.8) is 0 Å². The fourth-order valence-electron chi connectivity index (χ4n) is 10.2. The number of nitrogens with zero attached hydrogens (tertiary/aromatic N) is 4. The number of phenols is 1. The number of nitrogens with one attached hydrogen (secondary N) is 1. The van der Waals surface area contributed by atoms with Crippen LogP contribution in [0.25, 0.3) is 45.1 Å². The van der Waals surface area contributed by atoms with Gasteiger partial charge in [0.25, 0.3) is 0 Å². The van der Waals surface area contributed by atoms with Crippen molar-refractivity contribution >= 4 is 85.8 Å². The fraction of sp³-hybridized carbons (Fsp3) is 0.191. The van der Waals surface area contributed by atoms with Gasteiger partial charge in [0.2, 0.25) is 29.5 Å². The minimum absolute atomic E-state index is 0.000440. The highest BCUT2D eigenvalue weighted by molar-refractivity contribution is 5.98. The number of amides is 3. The molecule has 2 atom stereocenters. The Kier molecular flexibility index (Phi) is 19.9. The summed E-state index contributed by atoms with van der Waals surface area (Å²) in [6.45, 7) is 1.21. The van der Waals surface area contributed by atoms with Crippen LogP contribution in [0.4, 0.5) is 34.1 Å². The number of fused-ring (bicyclic) bond motifs is 2. The quantitative estimate of drug-likeness (QED) is 0.0285. The third kappa shape index (κ3) is 16.4. The molecule has 2 aromatic heterocycles. The van der Waals surface area contributed by atoms with Crippen LogP contribution in [0.15, 0.2) is 197 Å². The number of rotatable bonds is 14. The van der Waals surface area contributed by atoms with Crippen molar-refractivity contribution in [1.29, 1.82) is 0 Å². The first-order valence-corrected chi connectivity index (χ1v) is 28.5. The summed E-state index contributed by atoms with van der Waals surface area (Å²) in [5.41, 5.74) is 38.5. The predicted molar refractivity (Wildman–Crippen MR) is 339 cm³/mol. The number of aromatic hydroxyl groups is 1. The summed E-state index contributed by atoms with van der Waals surface area (Å²) in [5, 5.41) is 20.3. The number of carbonyl (C=O) groups excluding carboxylic acids is 4. The van der Waals surface area contributed by atoms with Gasteiger partial charge in [-0.1, -0.05) is 66.7 Å².